The van der Waals surface area contributed by atoms with E-state index in [4.69, 9.17) is 10.5 Å². The van der Waals surface area contributed by atoms with Crippen molar-refractivity contribution in [2.24, 2.45) is 5.73 Å². The van der Waals surface area contributed by atoms with E-state index in [1.165, 1.54) is 0 Å². The molecule has 1 aromatic carbocycles. The molecule has 4 nitrogen and oxygen atoms in total. The first kappa shape index (κ1) is 15.5. The zero-order valence-electron chi connectivity index (χ0n) is 12.0. The van der Waals surface area contributed by atoms with Crippen LogP contribution in [0.1, 0.15) is 45.2 Å². The Bertz CT molecular complexity index is 405. The van der Waals surface area contributed by atoms with Crippen LogP contribution in [0.5, 0.6) is 5.75 Å². The van der Waals surface area contributed by atoms with Gasteiger partial charge < -0.3 is 15.8 Å². The summed E-state index contributed by atoms with van der Waals surface area (Å²) >= 11 is 0. The Morgan fingerprint density at radius 2 is 2.05 bits per heavy atom. The predicted molar refractivity (Wildman–Crippen MR) is 77.1 cm³/mol. The highest BCUT2D eigenvalue weighted by Gasteiger charge is 2.10. The standard InChI is InChI=1S/C15H24N2O2/c1-4-13(16)12-7-5-6-8-14(12)19-10-9-15(18)17-11(2)3/h5-8,11,13H,4,9-10,16H2,1-3H3,(H,17,18). The Morgan fingerprint density at radius 1 is 1.37 bits per heavy atom. The Labute approximate surface area is 115 Å². The average Bonchev–Trinajstić information content (AvgIpc) is 2.37. The summed E-state index contributed by atoms with van der Waals surface area (Å²) in [6.07, 6.45) is 1.21. The van der Waals surface area contributed by atoms with Crippen LogP contribution in [0, 0.1) is 0 Å². The number of nitrogens with one attached hydrogen (secondary N) is 1. The Hall–Kier alpha value is -1.55. The maximum absolute atomic E-state index is 11.5. The van der Waals surface area contributed by atoms with Gasteiger partial charge in [0, 0.05) is 17.6 Å². The number of carbonyl (C=O) groups excluding carboxylic acids is 1. The van der Waals surface area contributed by atoms with Crippen molar-refractivity contribution in [1.82, 2.24) is 5.32 Å². The van der Waals surface area contributed by atoms with Gasteiger partial charge in [0.1, 0.15) is 5.75 Å². The van der Waals surface area contributed by atoms with Crippen molar-refractivity contribution in [2.45, 2.75) is 45.7 Å². The molecular formula is C15H24N2O2. The quantitative estimate of drug-likeness (QED) is 0.794. The lowest BCUT2D eigenvalue weighted by atomic mass is 10.0. The van der Waals surface area contributed by atoms with Gasteiger partial charge in [-0.3, -0.25) is 4.79 Å². The van der Waals surface area contributed by atoms with Gasteiger partial charge in [-0.15, -0.1) is 0 Å². The van der Waals surface area contributed by atoms with Crippen LogP contribution < -0.4 is 15.8 Å². The molecule has 0 spiro atoms. The fraction of sp³-hybridized carbons (Fsp3) is 0.533. The lowest BCUT2D eigenvalue weighted by molar-refractivity contribution is -0.122. The molecule has 1 unspecified atom stereocenters. The molecule has 1 atom stereocenters. The minimum atomic E-state index is -0.0271. The molecule has 0 aliphatic rings. The van der Waals surface area contributed by atoms with Crippen molar-refractivity contribution in [3.63, 3.8) is 0 Å². The Morgan fingerprint density at radius 3 is 2.68 bits per heavy atom. The molecule has 1 rings (SSSR count). The van der Waals surface area contributed by atoms with Crippen molar-refractivity contribution in [3.8, 4) is 5.75 Å². The smallest absolute Gasteiger partial charge is 0.223 e. The van der Waals surface area contributed by atoms with Gasteiger partial charge in [0.05, 0.1) is 13.0 Å². The Kier molecular flexibility index (Phi) is 6.36. The molecule has 0 saturated heterocycles. The van der Waals surface area contributed by atoms with Crippen LogP contribution in [0.3, 0.4) is 0 Å². The van der Waals surface area contributed by atoms with Gasteiger partial charge in [0.15, 0.2) is 0 Å². The van der Waals surface area contributed by atoms with E-state index < -0.39 is 0 Å². The van der Waals surface area contributed by atoms with E-state index in [0.717, 1.165) is 17.7 Å². The number of para-hydroxylation sites is 1. The number of benzene rings is 1. The fourth-order valence-corrected chi connectivity index (χ4v) is 1.79. The average molecular weight is 264 g/mol. The van der Waals surface area contributed by atoms with Crippen LogP contribution >= 0.6 is 0 Å². The normalized spacial score (nSPS) is 12.3. The summed E-state index contributed by atoms with van der Waals surface area (Å²) in [5.41, 5.74) is 7.03. The van der Waals surface area contributed by atoms with E-state index in [1.54, 1.807) is 0 Å². The van der Waals surface area contributed by atoms with E-state index in [1.807, 2.05) is 45.0 Å². The molecule has 4 heteroatoms. The molecule has 1 amide bonds. The third-order valence-corrected chi connectivity index (χ3v) is 2.79. The molecule has 0 fully saturated rings. The van der Waals surface area contributed by atoms with Crippen LogP contribution in [-0.4, -0.2) is 18.6 Å². The summed E-state index contributed by atoms with van der Waals surface area (Å²) in [6.45, 7) is 6.28. The first-order valence-corrected chi connectivity index (χ1v) is 6.81. The third-order valence-electron chi connectivity index (χ3n) is 2.79. The van der Waals surface area contributed by atoms with Gasteiger partial charge in [-0.2, -0.15) is 0 Å². The van der Waals surface area contributed by atoms with Crippen molar-refractivity contribution >= 4 is 5.91 Å². The zero-order chi connectivity index (χ0) is 14.3. The molecule has 106 valence electrons. The van der Waals surface area contributed by atoms with Crippen molar-refractivity contribution in [1.29, 1.82) is 0 Å². The maximum Gasteiger partial charge on any atom is 0.223 e. The zero-order valence-corrected chi connectivity index (χ0v) is 12.0. The number of hydrogen-bond acceptors (Lipinski definition) is 3. The third kappa shape index (κ3) is 5.30. The summed E-state index contributed by atoms with van der Waals surface area (Å²) in [6, 6.07) is 7.86. The maximum atomic E-state index is 11.5. The second kappa shape index (κ2) is 7.79. The van der Waals surface area contributed by atoms with Gasteiger partial charge in [0.25, 0.3) is 0 Å². The number of ether oxygens (including phenoxy) is 1. The van der Waals surface area contributed by atoms with Gasteiger partial charge in [-0.1, -0.05) is 25.1 Å². The molecule has 1 aromatic rings. The predicted octanol–water partition coefficient (Wildman–Crippen LogP) is 2.39. The molecule has 19 heavy (non-hydrogen) atoms. The summed E-state index contributed by atoms with van der Waals surface area (Å²) in [5, 5.41) is 2.83. The van der Waals surface area contributed by atoms with E-state index in [2.05, 4.69) is 5.32 Å². The van der Waals surface area contributed by atoms with E-state index in [-0.39, 0.29) is 18.0 Å². The van der Waals surface area contributed by atoms with Crippen molar-refractivity contribution in [2.75, 3.05) is 6.61 Å². The number of amides is 1. The lowest BCUT2D eigenvalue weighted by Gasteiger charge is -2.15. The van der Waals surface area contributed by atoms with E-state index >= 15 is 0 Å². The van der Waals surface area contributed by atoms with Crippen LogP contribution in [-0.2, 0) is 4.79 Å². The molecule has 0 saturated carbocycles. The summed E-state index contributed by atoms with van der Waals surface area (Å²) in [4.78, 5) is 11.5. The van der Waals surface area contributed by atoms with Crippen molar-refractivity contribution in [3.05, 3.63) is 29.8 Å². The summed E-state index contributed by atoms with van der Waals surface area (Å²) in [5.74, 6) is 0.779. The van der Waals surface area contributed by atoms with E-state index in [0.29, 0.717) is 13.0 Å². The van der Waals surface area contributed by atoms with Crippen LogP contribution in [0.2, 0.25) is 0 Å². The number of carbonyl (C=O) groups is 1. The highest BCUT2D eigenvalue weighted by atomic mass is 16.5. The summed E-state index contributed by atoms with van der Waals surface area (Å²) in [7, 11) is 0. The first-order valence-electron chi connectivity index (χ1n) is 6.81. The molecular weight excluding hydrogens is 240 g/mol. The molecule has 0 aliphatic carbocycles. The first-order chi connectivity index (χ1) is 9.04. The van der Waals surface area contributed by atoms with Crippen molar-refractivity contribution < 1.29 is 9.53 Å². The Balaban J connectivity index is 2.51. The minimum absolute atomic E-state index is 0.00673. The second-order valence-electron chi connectivity index (χ2n) is 4.87. The molecule has 0 radical (unpaired) electrons. The van der Waals surface area contributed by atoms with Gasteiger partial charge in [0.2, 0.25) is 5.91 Å². The monoisotopic (exact) mass is 264 g/mol. The minimum Gasteiger partial charge on any atom is -0.493 e. The fourth-order valence-electron chi connectivity index (χ4n) is 1.79. The molecule has 0 aromatic heterocycles. The highest BCUT2D eigenvalue weighted by Crippen LogP contribution is 2.25. The van der Waals surface area contributed by atoms with Crippen LogP contribution in [0.15, 0.2) is 24.3 Å². The molecule has 0 bridgehead atoms. The second-order valence-corrected chi connectivity index (χ2v) is 4.87. The van der Waals surface area contributed by atoms with E-state index in [9.17, 15) is 4.79 Å². The molecule has 0 aliphatic heterocycles. The SMILES string of the molecule is CCC(N)c1ccccc1OCCC(=O)NC(C)C. The molecule has 0 heterocycles. The number of nitrogens with two attached hydrogens (primary N) is 1. The topological polar surface area (TPSA) is 64.3 Å². The highest BCUT2D eigenvalue weighted by molar-refractivity contribution is 5.76. The van der Waals surface area contributed by atoms with Gasteiger partial charge >= 0.3 is 0 Å². The lowest BCUT2D eigenvalue weighted by Crippen LogP contribution is -2.31. The van der Waals surface area contributed by atoms with Gasteiger partial charge in [-0.25, -0.2) is 0 Å². The van der Waals surface area contributed by atoms with Crippen LogP contribution in [0.4, 0.5) is 0 Å². The largest absolute Gasteiger partial charge is 0.493 e. The van der Waals surface area contributed by atoms with Gasteiger partial charge in [-0.05, 0) is 26.3 Å². The number of hydrogen-bond donors (Lipinski definition) is 2. The number of rotatable bonds is 7. The molecule has 3 N–H and O–H groups in total. The summed E-state index contributed by atoms with van der Waals surface area (Å²) < 4.78 is 5.67. The van der Waals surface area contributed by atoms with Crippen LogP contribution in [0.25, 0.3) is 0 Å².